The Morgan fingerprint density at radius 3 is 3.06 bits per heavy atom. The second-order valence-corrected chi connectivity index (χ2v) is 4.94. The second kappa shape index (κ2) is 4.31. The van der Waals surface area contributed by atoms with E-state index in [4.69, 9.17) is 16.3 Å². The minimum absolute atomic E-state index is 0.0695. The summed E-state index contributed by atoms with van der Waals surface area (Å²) in [5.41, 5.74) is 1.42. The van der Waals surface area contributed by atoms with E-state index >= 15 is 0 Å². The molecule has 0 amide bonds. The van der Waals surface area contributed by atoms with Crippen molar-refractivity contribution in [3.8, 4) is 5.75 Å². The highest BCUT2D eigenvalue weighted by molar-refractivity contribution is 6.32. The molecule has 0 saturated carbocycles. The fourth-order valence-electron chi connectivity index (χ4n) is 2.50. The van der Waals surface area contributed by atoms with Crippen molar-refractivity contribution in [2.24, 2.45) is 5.92 Å². The number of rotatable bonds is 2. The molecular weight excluding hydrogens is 241 g/mol. The number of halogens is 2. The number of fused-ring (bicyclic) bond motifs is 1. The van der Waals surface area contributed by atoms with Gasteiger partial charge >= 0.3 is 0 Å². The molecule has 3 rings (SSSR count). The lowest BCUT2D eigenvalue weighted by Gasteiger charge is -2.14. The van der Waals surface area contributed by atoms with Crippen LogP contribution in [0.5, 0.6) is 5.75 Å². The minimum atomic E-state index is -0.340. The van der Waals surface area contributed by atoms with Crippen molar-refractivity contribution >= 4 is 11.6 Å². The van der Waals surface area contributed by atoms with Crippen LogP contribution in [0.4, 0.5) is 4.39 Å². The Balaban J connectivity index is 1.74. The van der Waals surface area contributed by atoms with E-state index in [0.717, 1.165) is 19.5 Å². The quantitative estimate of drug-likeness (QED) is 0.819. The fourth-order valence-corrected chi connectivity index (χ4v) is 2.71. The maximum Gasteiger partial charge on any atom is 0.139 e. The molecule has 0 radical (unpaired) electrons. The zero-order valence-corrected chi connectivity index (χ0v) is 10.0. The maximum atomic E-state index is 12.9. The topological polar surface area (TPSA) is 21.3 Å². The molecule has 0 bridgehead atoms. The maximum absolute atomic E-state index is 12.9. The minimum Gasteiger partial charge on any atom is -0.485 e. The van der Waals surface area contributed by atoms with Crippen LogP contribution in [0.25, 0.3) is 0 Å². The van der Waals surface area contributed by atoms with Crippen LogP contribution in [0.3, 0.4) is 0 Å². The predicted octanol–water partition coefficient (Wildman–Crippen LogP) is 2.78. The Morgan fingerprint density at radius 2 is 2.29 bits per heavy atom. The molecule has 1 saturated heterocycles. The van der Waals surface area contributed by atoms with Crippen molar-refractivity contribution in [2.75, 3.05) is 13.1 Å². The second-order valence-electron chi connectivity index (χ2n) is 4.54. The Labute approximate surface area is 104 Å². The van der Waals surface area contributed by atoms with E-state index in [1.54, 1.807) is 6.07 Å². The fraction of sp³-hybridized carbons (Fsp3) is 0.385. The van der Waals surface area contributed by atoms with Crippen molar-refractivity contribution < 1.29 is 9.13 Å². The molecule has 1 aromatic carbocycles. The third-order valence-corrected chi connectivity index (χ3v) is 3.63. The highest BCUT2D eigenvalue weighted by Crippen LogP contribution is 2.33. The average molecular weight is 254 g/mol. The van der Waals surface area contributed by atoms with Crippen LogP contribution in [0.1, 0.15) is 6.42 Å². The van der Waals surface area contributed by atoms with Gasteiger partial charge in [-0.1, -0.05) is 17.2 Å². The Bertz CT molecular complexity index is 474. The van der Waals surface area contributed by atoms with Gasteiger partial charge in [-0.2, -0.15) is 0 Å². The molecule has 1 aliphatic heterocycles. The van der Waals surface area contributed by atoms with Crippen LogP contribution in [0, 0.1) is 11.7 Å². The first-order valence-electron chi connectivity index (χ1n) is 5.75. The molecule has 1 heterocycles. The largest absolute Gasteiger partial charge is 0.485 e. The summed E-state index contributed by atoms with van der Waals surface area (Å²) in [4.78, 5) is 0. The average Bonchev–Trinajstić information content (AvgIpc) is 2.82. The first kappa shape index (κ1) is 11.1. The summed E-state index contributed by atoms with van der Waals surface area (Å²) in [7, 11) is 0. The van der Waals surface area contributed by atoms with Crippen LogP contribution in [-0.4, -0.2) is 19.2 Å². The molecular formula is C13H13ClFNO. The third-order valence-electron chi connectivity index (χ3n) is 3.33. The number of hydrogen-bond donors (Lipinski definition) is 1. The van der Waals surface area contributed by atoms with Crippen LogP contribution in [0.15, 0.2) is 29.8 Å². The monoisotopic (exact) mass is 253 g/mol. The predicted molar refractivity (Wildman–Crippen MR) is 64.9 cm³/mol. The number of benzene rings is 1. The van der Waals surface area contributed by atoms with Gasteiger partial charge in [-0.3, -0.25) is 0 Å². The van der Waals surface area contributed by atoms with Crippen LogP contribution >= 0.6 is 11.6 Å². The van der Waals surface area contributed by atoms with Crippen LogP contribution in [-0.2, 0) is 0 Å². The Morgan fingerprint density at radius 1 is 1.41 bits per heavy atom. The van der Waals surface area contributed by atoms with Crippen LogP contribution < -0.4 is 10.1 Å². The van der Waals surface area contributed by atoms with E-state index in [1.165, 1.54) is 17.7 Å². The summed E-state index contributed by atoms with van der Waals surface area (Å²) in [6, 6.07) is 4.23. The van der Waals surface area contributed by atoms with Crippen LogP contribution in [0.2, 0.25) is 5.02 Å². The molecule has 1 unspecified atom stereocenters. The lowest BCUT2D eigenvalue weighted by molar-refractivity contribution is 0.235. The van der Waals surface area contributed by atoms with Crippen molar-refractivity contribution in [3.05, 3.63) is 40.7 Å². The van der Waals surface area contributed by atoms with Crippen molar-refractivity contribution in [2.45, 2.75) is 12.5 Å². The van der Waals surface area contributed by atoms with E-state index in [2.05, 4.69) is 11.4 Å². The van der Waals surface area contributed by atoms with Gasteiger partial charge in [0, 0.05) is 13.1 Å². The van der Waals surface area contributed by atoms with Gasteiger partial charge in [-0.25, -0.2) is 4.39 Å². The third kappa shape index (κ3) is 2.17. The van der Waals surface area contributed by atoms with Gasteiger partial charge in [0.2, 0.25) is 0 Å². The summed E-state index contributed by atoms with van der Waals surface area (Å²) in [5.74, 6) is 0.815. The standard InChI is InChI=1S/C13H13ClFNO/c14-12-5-10(15)1-2-13(12)17-11-3-8-6-16-7-9(8)4-11/h1-3,5,9,11,16H,4,6-7H2/t9-,11?/m0/s1. The number of nitrogens with one attached hydrogen (secondary N) is 1. The molecule has 2 aliphatic rings. The van der Waals surface area contributed by atoms with E-state index < -0.39 is 0 Å². The molecule has 90 valence electrons. The highest BCUT2D eigenvalue weighted by Gasteiger charge is 2.31. The molecule has 1 aromatic rings. The molecule has 2 atom stereocenters. The lowest BCUT2D eigenvalue weighted by Crippen LogP contribution is -2.17. The van der Waals surface area contributed by atoms with E-state index in [-0.39, 0.29) is 11.9 Å². The van der Waals surface area contributed by atoms with E-state index in [9.17, 15) is 4.39 Å². The zero-order valence-electron chi connectivity index (χ0n) is 9.25. The Kier molecular flexibility index (Phi) is 2.81. The Hall–Kier alpha value is -1.06. The summed E-state index contributed by atoms with van der Waals surface area (Å²) in [6.45, 7) is 1.99. The normalized spacial score (nSPS) is 26.8. The van der Waals surface area contributed by atoms with E-state index in [1.807, 2.05) is 0 Å². The van der Waals surface area contributed by atoms with Crippen molar-refractivity contribution in [1.82, 2.24) is 5.32 Å². The van der Waals surface area contributed by atoms with Gasteiger partial charge in [0.1, 0.15) is 17.7 Å². The number of hydrogen-bond acceptors (Lipinski definition) is 2. The molecule has 1 fully saturated rings. The summed E-state index contributed by atoms with van der Waals surface area (Å²) < 4.78 is 18.7. The molecule has 17 heavy (non-hydrogen) atoms. The molecule has 4 heteroatoms. The van der Waals surface area contributed by atoms with Crippen molar-refractivity contribution in [3.63, 3.8) is 0 Å². The SMILES string of the molecule is Fc1ccc(OC2C=C3CNC[C@@H]3C2)c(Cl)c1. The molecule has 0 spiro atoms. The molecule has 1 aliphatic carbocycles. The lowest BCUT2D eigenvalue weighted by atomic mass is 10.1. The summed E-state index contributed by atoms with van der Waals surface area (Å²) in [6.07, 6.45) is 3.21. The van der Waals surface area contributed by atoms with Gasteiger partial charge in [-0.05, 0) is 36.6 Å². The van der Waals surface area contributed by atoms with Gasteiger partial charge in [0.15, 0.2) is 0 Å². The first-order chi connectivity index (χ1) is 8.22. The molecule has 1 N–H and O–H groups in total. The zero-order chi connectivity index (χ0) is 11.8. The van der Waals surface area contributed by atoms with Gasteiger partial charge in [0.05, 0.1) is 5.02 Å². The van der Waals surface area contributed by atoms with Crippen molar-refractivity contribution in [1.29, 1.82) is 0 Å². The van der Waals surface area contributed by atoms with Gasteiger partial charge in [-0.15, -0.1) is 0 Å². The smallest absolute Gasteiger partial charge is 0.139 e. The van der Waals surface area contributed by atoms with Gasteiger partial charge < -0.3 is 10.1 Å². The summed E-state index contributed by atoms with van der Waals surface area (Å²) >= 11 is 5.93. The molecule has 2 nitrogen and oxygen atoms in total. The van der Waals surface area contributed by atoms with Gasteiger partial charge in [0.25, 0.3) is 0 Å². The summed E-state index contributed by atoms with van der Waals surface area (Å²) in [5, 5.41) is 3.66. The highest BCUT2D eigenvalue weighted by atomic mass is 35.5. The first-order valence-corrected chi connectivity index (χ1v) is 6.13. The number of ether oxygens (including phenoxy) is 1. The van der Waals surface area contributed by atoms with E-state index in [0.29, 0.717) is 16.7 Å². The molecule has 0 aromatic heterocycles.